The van der Waals surface area contributed by atoms with E-state index in [1.54, 1.807) is 18.2 Å². The number of nitrogens with one attached hydrogen (secondary N) is 2. The van der Waals surface area contributed by atoms with Crippen LogP contribution in [0.15, 0.2) is 59.4 Å². The molecule has 1 amide bonds. The van der Waals surface area contributed by atoms with Crippen LogP contribution in [0.3, 0.4) is 0 Å². The van der Waals surface area contributed by atoms with E-state index in [-0.39, 0.29) is 17.9 Å². The van der Waals surface area contributed by atoms with Crippen LogP contribution in [0.25, 0.3) is 10.9 Å². The molecule has 0 aliphatic rings. The van der Waals surface area contributed by atoms with Gasteiger partial charge in [-0.15, -0.1) is 0 Å². The zero-order valence-electron chi connectivity index (χ0n) is 15.6. The molecular formula is C22H24N2O3. The molecule has 140 valence electrons. The molecule has 3 aromatic rings. The summed E-state index contributed by atoms with van der Waals surface area (Å²) in [4.78, 5) is 27.4. The number of para-hydroxylation sites is 1. The molecule has 0 atom stereocenters. The van der Waals surface area contributed by atoms with Gasteiger partial charge in [-0.1, -0.05) is 38.1 Å². The van der Waals surface area contributed by atoms with Crippen LogP contribution in [0.1, 0.15) is 25.8 Å². The van der Waals surface area contributed by atoms with Gasteiger partial charge in [-0.3, -0.25) is 9.59 Å². The van der Waals surface area contributed by atoms with E-state index in [0.717, 1.165) is 23.1 Å². The first-order valence-corrected chi connectivity index (χ1v) is 9.15. The molecule has 2 aromatic carbocycles. The second kappa shape index (κ2) is 8.54. The van der Waals surface area contributed by atoms with Gasteiger partial charge in [0.1, 0.15) is 5.75 Å². The number of carbonyl (C=O) groups excluding carboxylic acids is 1. The van der Waals surface area contributed by atoms with E-state index in [0.29, 0.717) is 23.8 Å². The fourth-order valence-electron chi connectivity index (χ4n) is 2.78. The topological polar surface area (TPSA) is 71.2 Å². The lowest BCUT2D eigenvalue weighted by molar-refractivity contribution is -0.115. The van der Waals surface area contributed by atoms with Crippen LogP contribution in [0, 0.1) is 5.92 Å². The molecule has 2 N–H and O–H groups in total. The standard InChI is InChI=1S/C22H24N2O3/c1-15(2)10-11-27-19-8-5-7-18(14-19)23-21(25)13-17-12-16-6-3-4-9-20(16)24-22(17)26/h3-9,12,14-15H,10-11,13H2,1-2H3,(H,23,25)(H,24,26). The normalized spacial score (nSPS) is 10.9. The lowest BCUT2D eigenvalue weighted by Crippen LogP contribution is -2.21. The third kappa shape index (κ3) is 5.20. The molecule has 1 heterocycles. The van der Waals surface area contributed by atoms with Crippen LogP contribution in [0.5, 0.6) is 5.75 Å². The number of H-pyrrole nitrogens is 1. The Morgan fingerprint density at radius 1 is 1.11 bits per heavy atom. The maximum absolute atomic E-state index is 12.4. The van der Waals surface area contributed by atoms with Gasteiger partial charge in [0.25, 0.3) is 5.56 Å². The largest absolute Gasteiger partial charge is 0.494 e. The highest BCUT2D eigenvalue weighted by Gasteiger charge is 2.09. The second-order valence-electron chi connectivity index (χ2n) is 6.99. The van der Waals surface area contributed by atoms with Crippen molar-refractivity contribution in [1.29, 1.82) is 0 Å². The molecule has 0 spiro atoms. The molecule has 0 unspecified atom stereocenters. The quantitative estimate of drug-likeness (QED) is 0.662. The highest BCUT2D eigenvalue weighted by molar-refractivity contribution is 5.93. The minimum atomic E-state index is -0.241. The number of aromatic amines is 1. The first kappa shape index (κ1) is 18.7. The summed E-state index contributed by atoms with van der Waals surface area (Å²) < 4.78 is 5.72. The van der Waals surface area contributed by atoms with Crippen molar-refractivity contribution in [1.82, 2.24) is 4.98 Å². The SMILES string of the molecule is CC(C)CCOc1cccc(NC(=O)Cc2cc3ccccc3[nH]c2=O)c1. The van der Waals surface area contributed by atoms with Gasteiger partial charge in [-0.25, -0.2) is 0 Å². The summed E-state index contributed by atoms with van der Waals surface area (Å²) in [6, 6.07) is 16.6. The van der Waals surface area contributed by atoms with E-state index in [1.165, 1.54) is 0 Å². The smallest absolute Gasteiger partial charge is 0.252 e. The van der Waals surface area contributed by atoms with Gasteiger partial charge in [-0.2, -0.15) is 0 Å². The van der Waals surface area contributed by atoms with E-state index < -0.39 is 0 Å². The van der Waals surface area contributed by atoms with Crippen LogP contribution < -0.4 is 15.6 Å². The lowest BCUT2D eigenvalue weighted by Gasteiger charge is -2.10. The summed E-state index contributed by atoms with van der Waals surface area (Å²) in [5, 5.41) is 3.74. The van der Waals surface area contributed by atoms with E-state index in [2.05, 4.69) is 24.1 Å². The highest BCUT2D eigenvalue weighted by atomic mass is 16.5. The number of hydrogen-bond donors (Lipinski definition) is 2. The first-order valence-electron chi connectivity index (χ1n) is 9.15. The predicted octanol–water partition coefficient (Wildman–Crippen LogP) is 4.13. The first-order chi connectivity index (χ1) is 13.0. The number of amides is 1. The molecule has 0 fully saturated rings. The van der Waals surface area contributed by atoms with E-state index in [1.807, 2.05) is 36.4 Å². The highest BCUT2D eigenvalue weighted by Crippen LogP contribution is 2.18. The number of fused-ring (bicyclic) bond motifs is 1. The van der Waals surface area contributed by atoms with Gasteiger partial charge >= 0.3 is 0 Å². The van der Waals surface area contributed by atoms with E-state index in [4.69, 9.17) is 4.74 Å². The Morgan fingerprint density at radius 2 is 1.93 bits per heavy atom. The van der Waals surface area contributed by atoms with Crippen LogP contribution >= 0.6 is 0 Å². The Labute approximate surface area is 158 Å². The van der Waals surface area contributed by atoms with Crippen LogP contribution in [-0.2, 0) is 11.2 Å². The van der Waals surface area contributed by atoms with Crippen molar-refractivity contribution in [3.05, 3.63) is 70.5 Å². The number of benzene rings is 2. The summed E-state index contributed by atoms with van der Waals surface area (Å²) in [7, 11) is 0. The summed E-state index contributed by atoms with van der Waals surface area (Å²) in [6.07, 6.45) is 0.986. The number of aromatic nitrogens is 1. The lowest BCUT2D eigenvalue weighted by atomic mass is 10.1. The van der Waals surface area contributed by atoms with Crippen LogP contribution in [0.2, 0.25) is 0 Å². The molecule has 0 saturated heterocycles. The fraction of sp³-hybridized carbons (Fsp3) is 0.273. The van der Waals surface area contributed by atoms with Gasteiger partial charge in [0.15, 0.2) is 0 Å². The summed E-state index contributed by atoms with van der Waals surface area (Å²) in [6.45, 7) is 4.94. The predicted molar refractivity (Wildman–Crippen MR) is 108 cm³/mol. The van der Waals surface area contributed by atoms with Crippen LogP contribution in [0.4, 0.5) is 5.69 Å². The Kier molecular flexibility index (Phi) is 5.91. The van der Waals surface area contributed by atoms with Crippen molar-refractivity contribution in [3.63, 3.8) is 0 Å². The summed E-state index contributed by atoms with van der Waals surface area (Å²) in [5.41, 5.74) is 1.61. The van der Waals surface area contributed by atoms with E-state index in [9.17, 15) is 9.59 Å². The number of anilines is 1. The molecule has 3 rings (SSSR count). The molecule has 0 bridgehead atoms. The van der Waals surface area contributed by atoms with Gasteiger partial charge < -0.3 is 15.0 Å². The molecule has 0 radical (unpaired) electrons. The molecule has 27 heavy (non-hydrogen) atoms. The molecule has 0 aliphatic heterocycles. The Hall–Kier alpha value is -3.08. The van der Waals surface area contributed by atoms with Crippen molar-refractivity contribution < 1.29 is 9.53 Å². The van der Waals surface area contributed by atoms with Gasteiger partial charge in [0.05, 0.1) is 13.0 Å². The van der Waals surface area contributed by atoms with Crippen LogP contribution in [-0.4, -0.2) is 17.5 Å². The van der Waals surface area contributed by atoms with Crippen molar-refractivity contribution >= 4 is 22.5 Å². The number of carbonyl (C=O) groups is 1. The third-order valence-corrected chi connectivity index (χ3v) is 4.26. The monoisotopic (exact) mass is 364 g/mol. The van der Waals surface area contributed by atoms with Crippen molar-refractivity contribution in [3.8, 4) is 5.75 Å². The minimum absolute atomic E-state index is 0.0125. The fourth-order valence-corrected chi connectivity index (χ4v) is 2.78. The molecule has 0 saturated carbocycles. The van der Waals surface area contributed by atoms with Gasteiger partial charge in [-0.05, 0) is 42.0 Å². The maximum atomic E-state index is 12.4. The molecule has 1 aromatic heterocycles. The number of pyridine rings is 1. The Bertz CT molecular complexity index is 992. The van der Waals surface area contributed by atoms with Crippen molar-refractivity contribution in [2.24, 2.45) is 5.92 Å². The van der Waals surface area contributed by atoms with Crippen molar-refractivity contribution in [2.75, 3.05) is 11.9 Å². The zero-order chi connectivity index (χ0) is 19.2. The Balaban J connectivity index is 1.66. The average Bonchev–Trinajstić information content (AvgIpc) is 2.62. The van der Waals surface area contributed by atoms with Gasteiger partial charge in [0, 0.05) is 22.8 Å². The third-order valence-electron chi connectivity index (χ3n) is 4.26. The molecule has 0 aliphatic carbocycles. The number of ether oxygens (including phenoxy) is 1. The number of hydrogen-bond acceptors (Lipinski definition) is 3. The summed E-state index contributed by atoms with van der Waals surface area (Å²) >= 11 is 0. The molecule has 5 heteroatoms. The van der Waals surface area contributed by atoms with Gasteiger partial charge in [0.2, 0.25) is 5.91 Å². The number of rotatable bonds is 7. The van der Waals surface area contributed by atoms with Crippen molar-refractivity contribution in [2.45, 2.75) is 26.7 Å². The maximum Gasteiger partial charge on any atom is 0.252 e. The molecular weight excluding hydrogens is 340 g/mol. The molecule has 5 nitrogen and oxygen atoms in total. The zero-order valence-corrected chi connectivity index (χ0v) is 15.6. The Morgan fingerprint density at radius 3 is 2.74 bits per heavy atom. The average molecular weight is 364 g/mol. The minimum Gasteiger partial charge on any atom is -0.494 e. The summed E-state index contributed by atoms with van der Waals surface area (Å²) in [5.74, 6) is 1.06. The second-order valence-corrected chi connectivity index (χ2v) is 6.99. The van der Waals surface area contributed by atoms with E-state index >= 15 is 0 Å².